The lowest BCUT2D eigenvalue weighted by molar-refractivity contribution is 0.252. The Morgan fingerprint density at radius 1 is 1.11 bits per heavy atom. The van der Waals surface area contributed by atoms with E-state index in [1.807, 2.05) is 29.8 Å². The summed E-state index contributed by atoms with van der Waals surface area (Å²) in [6.07, 6.45) is 0. The first-order chi connectivity index (χ1) is 13.2. The van der Waals surface area contributed by atoms with E-state index in [0.29, 0.717) is 31.7 Å². The molecule has 3 rings (SSSR count). The number of carbonyl (C=O) groups excluding carboxylic acids is 1. The molecular weight excluding hydrogens is 421 g/mol. The number of amides is 2. The highest BCUT2D eigenvalue weighted by molar-refractivity contribution is 7.91. The number of nitrogens with zero attached hydrogens (tertiary/aromatic N) is 1. The molecule has 0 spiro atoms. The Labute approximate surface area is 173 Å². The molecule has 0 fully saturated rings. The molecule has 2 N–H and O–H groups in total. The van der Waals surface area contributed by atoms with Crippen LogP contribution in [0.5, 0.6) is 0 Å². The number of urea groups is 1. The summed E-state index contributed by atoms with van der Waals surface area (Å²) in [6.45, 7) is 1.75. The van der Waals surface area contributed by atoms with Crippen molar-refractivity contribution in [2.45, 2.75) is 11.8 Å². The fourth-order valence-electron chi connectivity index (χ4n) is 3.03. The summed E-state index contributed by atoms with van der Waals surface area (Å²) in [4.78, 5) is 12.3. The van der Waals surface area contributed by atoms with Gasteiger partial charge in [-0.15, -0.1) is 0 Å². The van der Waals surface area contributed by atoms with Gasteiger partial charge in [-0.1, -0.05) is 41.4 Å². The second-order valence-corrected chi connectivity index (χ2v) is 9.18. The predicted octanol–water partition coefficient (Wildman–Crippen LogP) is 4.39. The molecule has 1 heterocycles. The van der Waals surface area contributed by atoms with Gasteiger partial charge in [0.05, 0.1) is 20.7 Å². The molecule has 0 aliphatic heterocycles. The number of para-hydroxylation sites is 1. The number of halogens is 2. The standard InChI is InChI=1S/C19H19Cl2N3O3S/c1-12-18(14-5-3-4-6-17(14)24(12)2)28(26,27)10-9-22-19(25)23-13-7-8-15(20)16(21)11-13/h3-8,11H,9-10H2,1-2H3,(H2,22,23,25). The van der Waals surface area contributed by atoms with E-state index in [9.17, 15) is 13.2 Å². The van der Waals surface area contributed by atoms with Crippen LogP contribution >= 0.6 is 23.2 Å². The number of rotatable bonds is 5. The number of aryl methyl sites for hydroxylation is 1. The molecule has 0 unspecified atom stereocenters. The van der Waals surface area contributed by atoms with E-state index in [1.165, 1.54) is 6.07 Å². The maximum absolute atomic E-state index is 12.9. The quantitative estimate of drug-likeness (QED) is 0.618. The highest BCUT2D eigenvalue weighted by Gasteiger charge is 2.24. The minimum atomic E-state index is -3.58. The molecule has 1 aromatic heterocycles. The maximum Gasteiger partial charge on any atom is 0.319 e. The number of aromatic nitrogens is 1. The molecule has 0 radical (unpaired) electrons. The number of fused-ring (bicyclic) bond motifs is 1. The van der Waals surface area contributed by atoms with Gasteiger partial charge in [0.2, 0.25) is 0 Å². The molecule has 3 aromatic rings. The average molecular weight is 440 g/mol. The number of anilines is 1. The van der Waals surface area contributed by atoms with Gasteiger partial charge in [0, 0.05) is 35.9 Å². The highest BCUT2D eigenvalue weighted by Crippen LogP contribution is 2.29. The second kappa shape index (κ2) is 8.03. The van der Waals surface area contributed by atoms with Crippen LogP contribution in [0.1, 0.15) is 5.69 Å². The zero-order chi connectivity index (χ0) is 20.5. The van der Waals surface area contributed by atoms with Crippen molar-refractivity contribution in [1.82, 2.24) is 9.88 Å². The minimum absolute atomic E-state index is 0.0296. The largest absolute Gasteiger partial charge is 0.347 e. The summed E-state index contributed by atoms with van der Waals surface area (Å²) in [5.74, 6) is -0.212. The van der Waals surface area contributed by atoms with Crippen molar-refractivity contribution in [2.75, 3.05) is 17.6 Å². The average Bonchev–Trinajstić information content (AvgIpc) is 2.90. The van der Waals surface area contributed by atoms with Gasteiger partial charge in [0.1, 0.15) is 0 Å². The highest BCUT2D eigenvalue weighted by atomic mass is 35.5. The monoisotopic (exact) mass is 439 g/mol. The van der Waals surface area contributed by atoms with Crippen LogP contribution in [0.25, 0.3) is 10.9 Å². The molecule has 0 aliphatic rings. The van der Waals surface area contributed by atoms with Crippen LogP contribution in [0.4, 0.5) is 10.5 Å². The Balaban J connectivity index is 1.68. The van der Waals surface area contributed by atoms with Gasteiger partial charge in [-0.25, -0.2) is 13.2 Å². The Hall–Kier alpha value is -2.22. The number of nitrogens with one attached hydrogen (secondary N) is 2. The molecular formula is C19H19Cl2N3O3S. The maximum atomic E-state index is 12.9. The van der Waals surface area contributed by atoms with E-state index in [-0.39, 0.29) is 12.3 Å². The molecule has 0 bridgehead atoms. The molecule has 0 aliphatic carbocycles. The van der Waals surface area contributed by atoms with Crippen molar-refractivity contribution >= 4 is 55.7 Å². The smallest absolute Gasteiger partial charge is 0.319 e. The Bertz CT molecular complexity index is 1160. The number of carbonyl (C=O) groups is 1. The van der Waals surface area contributed by atoms with Crippen LogP contribution in [-0.4, -0.2) is 31.3 Å². The Morgan fingerprint density at radius 3 is 2.54 bits per heavy atom. The van der Waals surface area contributed by atoms with Gasteiger partial charge >= 0.3 is 6.03 Å². The molecule has 2 amide bonds. The Morgan fingerprint density at radius 2 is 1.82 bits per heavy atom. The van der Waals surface area contributed by atoms with Crippen molar-refractivity contribution in [3.8, 4) is 0 Å². The minimum Gasteiger partial charge on any atom is -0.347 e. The molecule has 28 heavy (non-hydrogen) atoms. The zero-order valence-corrected chi connectivity index (χ0v) is 17.6. The normalized spacial score (nSPS) is 11.6. The third-order valence-electron chi connectivity index (χ3n) is 4.49. The Kier molecular flexibility index (Phi) is 5.88. The summed E-state index contributed by atoms with van der Waals surface area (Å²) >= 11 is 11.7. The molecule has 0 atom stereocenters. The summed E-state index contributed by atoms with van der Waals surface area (Å²) in [5.41, 5.74) is 1.98. The van der Waals surface area contributed by atoms with Crippen molar-refractivity contribution in [2.24, 2.45) is 7.05 Å². The second-order valence-electron chi connectivity index (χ2n) is 6.32. The number of hydrogen-bond donors (Lipinski definition) is 2. The van der Waals surface area contributed by atoms with Gasteiger partial charge in [-0.05, 0) is 31.2 Å². The van der Waals surface area contributed by atoms with E-state index in [4.69, 9.17) is 23.2 Å². The van der Waals surface area contributed by atoms with Gasteiger partial charge in [-0.3, -0.25) is 0 Å². The van der Waals surface area contributed by atoms with E-state index < -0.39 is 15.9 Å². The van der Waals surface area contributed by atoms with E-state index in [1.54, 1.807) is 25.1 Å². The van der Waals surface area contributed by atoms with Crippen molar-refractivity contribution in [3.63, 3.8) is 0 Å². The van der Waals surface area contributed by atoms with Crippen LogP contribution < -0.4 is 10.6 Å². The molecule has 148 valence electrons. The molecule has 6 nitrogen and oxygen atoms in total. The number of sulfone groups is 1. The van der Waals surface area contributed by atoms with Crippen molar-refractivity contribution in [3.05, 3.63) is 58.2 Å². The van der Waals surface area contributed by atoms with Gasteiger partial charge in [0.15, 0.2) is 9.84 Å². The van der Waals surface area contributed by atoms with Crippen LogP contribution in [0.15, 0.2) is 47.4 Å². The SMILES string of the molecule is Cc1c(S(=O)(=O)CCNC(=O)Nc2ccc(Cl)c(Cl)c2)c2ccccc2n1C. The third-order valence-corrected chi connectivity index (χ3v) is 7.10. The van der Waals surface area contributed by atoms with Crippen molar-refractivity contribution < 1.29 is 13.2 Å². The van der Waals surface area contributed by atoms with Crippen LogP contribution in [0.2, 0.25) is 10.0 Å². The summed E-state index contributed by atoms with van der Waals surface area (Å²) in [5, 5.41) is 6.52. The fraction of sp³-hybridized carbons (Fsp3) is 0.211. The first-order valence-corrected chi connectivity index (χ1v) is 10.9. The van der Waals surface area contributed by atoms with E-state index in [2.05, 4.69) is 10.6 Å². The first-order valence-electron chi connectivity index (χ1n) is 8.47. The van der Waals surface area contributed by atoms with Gasteiger partial charge < -0.3 is 15.2 Å². The lowest BCUT2D eigenvalue weighted by atomic mass is 10.2. The fourth-order valence-corrected chi connectivity index (χ4v) is 5.00. The molecule has 2 aromatic carbocycles. The summed E-state index contributed by atoms with van der Waals surface area (Å²) in [6, 6.07) is 11.5. The van der Waals surface area contributed by atoms with Crippen LogP contribution in [0.3, 0.4) is 0 Å². The van der Waals surface area contributed by atoms with Crippen LogP contribution in [0, 0.1) is 6.92 Å². The molecule has 9 heteroatoms. The molecule has 0 saturated heterocycles. The summed E-state index contributed by atoms with van der Waals surface area (Å²) < 4.78 is 27.6. The first kappa shape index (κ1) is 20.5. The van der Waals surface area contributed by atoms with Gasteiger partial charge in [0.25, 0.3) is 0 Å². The van der Waals surface area contributed by atoms with Gasteiger partial charge in [-0.2, -0.15) is 0 Å². The molecule has 0 saturated carbocycles. The zero-order valence-electron chi connectivity index (χ0n) is 15.3. The number of hydrogen-bond acceptors (Lipinski definition) is 3. The van der Waals surface area contributed by atoms with E-state index in [0.717, 1.165) is 5.52 Å². The predicted molar refractivity (Wildman–Crippen MR) is 113 cm³/mol. The lowest BCUT2D eigenvalue weighted by Crippen LogP contribution is -2.32. The van der Waals surface area contributed by atoms with Crippen molar-refractivity contribution in [1.29, 1.82) is 0 Å². The number of benzene rings is 2. The summed E-state index contributed by atoms with van der Waals surface area (Å²) in [7, 11) is -1.75. The van der Waals surface area contributed by atoms with E-state index >= 15 is 0 Å². The lowest BCUT2D eigenvalue weighted by Gasteiger charge is -2.09. The third kappa shape index (κ3) is 4.11. The topological polar surface area (TPSA) is 80.2 Å². The van der Waals surface area contributed by atoms with Crippen LogP contribution in [-0.2, 0) is 16.9 Å².